The molecule has 0 atom stereocenters. The topological polar surface area (TPSA) is 50.4 Å². The Kier molecular flexibility index (Phi) is 6.22. The fourth-order valence-electron chi connectivity index (χ4n) is 1.70. The van der Waals surface area contributed by atoms with Crippen molar-refractivity contribution in [3.05, 3.63) is 29.3 Å². The van der Waals surface area contributed by atoms with Gasteiger partial charge in [-0.3, -0.25) is 4.79 Å². The maximum absolute atomic E-state index is 11.3. The highest BCUT2D eigenvalue weighted by Gasteiger charge is 2.00. The first kappa shape index (κ1) is 14.5. The summed E-state index contributed by atoms with van der Waals surface area (Å²) in [6.07, 6.45) is 0.500. The van der Waals surface area contributed by atoms with Crippen molar-refractivity contribution in [3.63, 3.8) is 0 Å². The number of carbonyl (C=O) groups excluding carboxylic acids is 1. The summed E-state index contributed by atoms with van der Waals surface area (Å²) in [5, 5.41) is 5.75. The van der Waals surface area contributed by atoms with E-state index in [0.29, 0.717) is 26.1 Å². The molecule has 1 amide bonds. The lowest BCUT2D eigenvalue weighted by atomic mass is 10.1. The molecule has 0 saturated carbocycles. The van der Waals surface area contributed by atoms with E-state index in [4.69, 9.17) is 4.74 Å². The Morgan fingerprint density at radius 2 is 1.83 bits per heavy atom. The number of benzene rings is 1. The zero-order valence-corrected chi connectivity index (χ0v) is 11.4. The van der Waals surface area contributed by atoms with Crippen LogP contribution in [-0.4, -0.2) is 32.7 Å². The van der Waals surface area contributed by atoms with Gasteiger partial charge in [0.05, 0.1) is 6.54 Å². The van der Waals surface area contributed by atoms with Crippen LogP contribution in [0.15, 0.2) is 18.2 Å². The molecule has 0 saturated heterocycles. The predicted molar refractivity (Wildman–Crippen MR) is 73.0 cm³/mol. The van der Waals surface area contributed by atoms with E-state index in [0.717, 1.165) is 5.75 Å². The standard InChI is InChI=1S/C14H22N2O2/c1-11-8-12(2)10-13(9-11)18-7-6-16-14(17)4-5-15-3/h8-10,15H,4-7H2,1-3H3,(H,16,17). The molecule has 4 heteroatoms. The smallest absolute Gasteiger partial charge is 0.221 e. The van der Waals surface area contributed by atoms with E-state index in [9.17, 15) is 4.79 Å². The first-order chi connectivity index (χ1) is 8.61. The summed E-state index contributed by atoms with van der Waals surface area (Å²) in [5.74, 6) is 0.908. The van der Waals surface area contributed by atoms with Crippen LogP contribution in [0.1, 0.15) is 17.5 Å². The molecule has 0 spiro atoms. The second kappa shape index (κ2) is 7.71. The van der Waals surface area contributed by atoms with Crippen molar-refractivity contribution in [2.24, 2.45) is 0 Å². The Labute approximate surface area is 109 Å². The van der Waals surface area contributed by atoms with E-state index in [2.05, 4.69) is 16.7 Å². The van der Waals surface area contributed by atoms with Crippen LogP contribution >= 0.6 is 0 Å². The summed E-state index contributed by atoms with van der Waals surface area (Å²) in [5.41, 5.74) is 2.37. The molecule has 1 aromatic carbocycles. The molecule has 100 valence electrons. The molecule has 0 heterocycles. The number of hydrogen-bond acceptors (Lipinski definition) is 3. The molecule has 0 radical (unpaired) electrons. The monoisotopic (exact) mass is 250 g/mol. The van der Waals surface area contributed by atoms with Gasteiger partial charge in [-0.05, 0) is 44.2 Å². The molecule has 0 aliphatic carbocycles. The molecule has 4 nitrogen and oxygen atoms in total. The largest absolute Gasteiger partial charge is 0.492 e. The molecule has 0 aromatic heterocycles. The number of carbonyl (C=O) groups is 1. The van der Waals surface area contributed by atoms with Gasteiger partial charge in [0.2, 0.25) is 5.91 Å². The zero-order chi connectivity index (χ0) is 13.4. The third-order valence-corrected chi connectivity index (χ3v) is 2.49. The van der Waals surface area contributed by atoms with Crippen molar-refractivity contribution >= 4 is 5.91 Å². The van der Waals surface area contributed by atoms with Crippen molar-refractivity contribution in [2.45, 2.75) is 20.3 Å². The maximum Gasteiger partial charge on any atom is 0.221 e. The molecule has 0 aliphatic heterocycles. The van der Waals surface area contributed by atoms with Gasteiger partial charge in [-0.25, -0.2) is 0 Å². The molecule has 1 rings (SSSR count). The Hall–Kier alpha value is -1.55. The first-order valence-electron chi connectivity index (χ1n) is 6.24. The van der Waals surface area contributed by atoms with Gasteiger partial charge in [-0.2, -0.15) is 0 Å². The fraction of sp³-hybridized carbons (Fsp3) is 0.500. The summed E-state index contributed by atoms with van der Waals surface area (Å²) in [4.78, 5) is 11.3. The van der Waals surface area contributed by atoms with Crippen LogP contribution in [0.3, 0.4) is 0 Å². The van der Waals surface area contributed by atoms with Crippen LogP contribution in [0.2, 0.25) is 0 Å². The molecule has 1 aromatic rings. The van der Waals surface area contributed by atoms with E-state index in [1.165, 1.54) is 11.1 Å². The summed E-state index contributed by atoms with van der Waals surface area (Å²) in [6, 6.07) is 6.10. The molecule has 0 bridgehead atoms. The predicted octanol–water partition coefficient (Wildman–Crippen LogP) is 1.41. The van der Waals surface area contributed by atoms with Crippen LogP contribution in [0, 0.1) is 13.8 Å². The average Bonchev–Trinajstić information content (AvgIpc) is 2.31. The van der Waals surface area contributed by atoms with Gasteiger partial charge in [0.1, 0.15) is 12.4 Å². The lowest BCUT2D eigenvalue weighted by Gasteiger charge is -2.09. The molecule has 0 aliphatic rings. The van der Waals surface area contributed by atoms with Gasteiger partial charge in [0.25, 0.3) is 0 Å². The lowest BCUT2D eigenvalue weighted by Crippen LogP contribution is -2.30. The van der Waals surface area contributed by atoms with Gasteiger partial charge in [-0.1, -0.05) is 6.07 Å². The maximum atomic E-state index is 11.3. The van der Waals surface area contributed by atoms with Crippen molar-refractivity contribution < 1.29 is 9.53 Å². The van der Waals surface area contributed by atoms with Crippen molar-refractivity contribution in [1.29, 1.82) is 0 Å². The highest BCUT2D eigenvalue weighted by atomic mass is 16.5. The zero-order valence-electron chi connectivity index (χ0n) is 11.4. The lowest BCUT2D eigenvalue weighted by molar-refractivity contribution is -0.121. The van der Waals surface area contributed by atoms with Gasteiger partial charge in [0, 0.05) is 13.0 Å². The average molecular weight is 250 g/mol. The van der Waals surface area contributed by atoms with Gasteiger partial charge in [0.15, 0.2) is 0 Å². The molecule has 2 N–H and O–H groups in total. The third kappa shape index (κ3) is 5.68. The molecule has 0 unspecified atom stereocenters. The second-order valence-electron chi connectivity index (χ2n) is 4.38. The van der Waals surface area contributed by atoms with Crippen molar-refractivity contribution in [3.8, 4) is 5.75 Å². The van der Waals surface area contributed by atoms with E-state index >= 15 is 0 Å². The molecular weight excluding hydrogens is 228 g/mol. The van der Waals surface area contributed by atoms with Crippen LogP contribution in [0.4, 0.5) is 0 Å². The van der Waals surface area contributed by atoms with Crippen molar-refractivity contribution in [2.75, 3.05) is 26.7 Å². The summed E-state index contributed by atoms with van der Waals surface area (Å²) in [7, 11) is 1.83. The normalized spacial score (nSPS) is 10.2. The highest BCUT2D eigenvalue weighted by molar-refractivity contribution is 5.75. The van der Waals surface area contributed by atoms with E-state index in [1.807, 2.05) is 33.0 Å². The van der Waals surface area contributed by atoms with Gasteiger partial charge in [-0.15, -0.1) is 0 Å². The van der Waals surface area contributed by atoms with E-state index in [-0.39, 0.29) is 5.91 Å². The SMILES string of the molecule is CNCCC(=O)NCCOc1cc(C)cc(C)c1. The minimum atomic E-state index is 0.0494. The first-order valence-corrected chi connectivity index (χ1v) is 6.24. The van der Waals surface area contributed by atoms with Gasteiger partial charge >= 0.3 is 0 Å². The Balaban J connectivity index is 2.23. The minimum absolute atomic E-state index is 0.0494. The molecular formula is C14H22N2O2. The number of ether oxygens (including phenoxy) is 1. The van der Waals surface area contributed by atoms with Crippen LogP contribution < -0.4 is 15.4 Å². The number of hydrogen-bond donors (Lipinski definition) is 2. The summed E-state index contributed by atoms with van der Waals surface area (Å²) >= 11 is 0. The molecule has 18 heavy (non-hydrogen) atoms. The van der Waals surface area contributed by atoms with E-state index in [1.54, 1.807) is 0 Å². The fourth-order valence-corrected chi connectivity index (χ4v) is 1.70. The molecule has 0 fully saturated rings. The Morgan fingerprint density at radius 3 is 2.44 bits per heavy atom. The number of nitrogens with one attached hydrogen (secondary N) is 2. The summed E-state index contributed by atoms with van der Waals surface area (Å²) in [6.45, 7) is 5.81. The highest BCUT2D eigenvalue weighted by Crippen LogP contribution is 2.15. The Bertz CT molecular complexity index is 371. The Morgan fingerprint density at radius 1 is 1.17 bits per heavy atom. The number of rotatable bonds is 7. The van der Waals surface area contributed by atoms with Crippen LogP contribution in [-0.2, 0) is 4.79 Å². The third-order valence-electron chi connectivity index (χ3n) is 2.49. The quantitative estimate of drug-likeness (QED) is 0.719. The minimum Gasteiger partial charge on any atom is -0.492 e. The van der Waals surface area contributed by atoms with Crippen LogP contribution in [0.5, 0.6) is 5.75 Å². The van der Waals surface area contributed by atoms with Crippen molar-refractivity contribution in [1.82, 2.24) is 10.6 Å². The number of aryl methyl sites for hydroxylation is 2. The summed E-state index contributed by atoms with van der Waals surface area (Å²) < 4.78 is 5.59. The van der Waals surface area contributed by atoms with Gasteiger partial charge < -0.3 is 15.4 Å². The van der Waals surface area contributed by atoms with E-state index < -0.39 is 0 Å². The van der Waals surface area contributed by atoms with Crippen LogP contribution in [0.25, 0.3) is 0 Å². The second-order valence-corrected chi connectivity index (χ2v) is 4.38. The number of amides is 1.